The Bertz CT molecular complexity index is 269. The van der Waals surface area contributed by atoms with Gasteiger partial charge in [0.25, 0.3) is 0 Å². The maximum Gasteiger partial charge on any atom is 0.0872 e. The van der Waals surface area contributed by atoms with Crippen LogP contribution in [0.5, 0.6) is 0 Å². The molecule has 1 saturated heterocycles. The normalized spacial score (nSPS) is 29.5. The molecular weight excluding hydrogens is 172 g/mol. The first-order valence-corrected chi connectivity index (χ1v) is 4.91. The van der Waals surface area contributed by atoms with Gasteiger partial charge >= 0.3 is 0 Å². The lowest BCUT2D eigenvalue weighted by Gasteiger charge is -2.08. The van der Waals surface area contributed by atoms with Crippen molar-refractivity contribution in [2.75, 3.05) is 13.2 Å². The Balaban J connectivity index is 2.19. The highest BCUT2D eigenvalue weighted by molar-refractivity contribution is 7.12. The summed E-state index contributed by atoms with van der Waals surface area (Å²) in [5, 5.41) is 9.53. The van der Waals surface area contributed by atoms with Gasteiger partial charge in [-0.25, -0.2) is 0 Å². The maximum absolute atomic E-state index is 9.53. The van der Waals surface area contributed by atoms with Crippen LogP contribution in [0.3, 0.4) is 0 Å². The topological polar surface area (TPSA) is 29.5 Å². The second-order valence-electron chi connectivity index (χ2n) is 3.16. The summed E-state index contributed by atoms with van der Waals surface area (Å²) < 4.78 is 5.19. The zero-order chi connectivity index (χ0) is 8.55. The van der Waals surface area contributed by atoms with Gasteiger partial charge < -0.3 is 9.84 Å². The quantitative estimate of drug-likeness (QED) is 0.717. The summed E-state index contributed by atoms with van der Waals surface area (Å²) in [5.41, 5.74) is 0. The van der Waals surface area contributed by atoms with Crippen LogP contribution in [0.15, 0.2) is 12.1 Å². The third-order valence-electron chi connectivity index (χ3n) is 2.18. The van der Waals surface area contributed by atoms with Gasteiger partial charge in [-0.1, -0.05) is 0 Å². The summed E-state index contributed by atoms with van der Waals surface area (Å²) in [7, 11) is 0. The molecule has 66 valence electrons. The van der Waals surface area contributed by atoms with E-state index in [2.05, 4.69) is 19.1 Å². The first-order valence-electron chi connectivity index (χ1n) is 4.09. The molecule has 0 saturated carbocycles. The highest BCUT2D eigenvalue weighted by Crippen LogP contribution is 2.30. The van der Waals surface area contributed by atoms with Crippen LogP contribution in [0, 0.1) is 6.92 Å². The van der Waals surface area contributed by atoms with Crippen molar-refractivity contribution in [3.63, 3.8) is 0 Å². The van der Waals surface area contributed by atoms with Crippen LogP contribution >= 0.6 is 11.3 Å². The Kier molecular flexibility index (Phi) is 2.17. The van der Waals surface area contributed by atoms with Crippen molar-refractivity contribution in [1.29, 1.82) is 0 Å². The van der Waals surface area contributed by atoms with Crippen LogP contribution in [0.1, 0.15) is 15.7 Å². The minimum absolute atomic E-state index is 0.212. The zero-order valence-electron chi connectivity index (χ0n) is 6.99. The molecule has 2 heterocycles. The molecule has 1 aliphatic heterocycles. The Labute approximate surface area is 75.8 Å². The van der Waals surface area contributed by atoms with Gasteiger partial charge in [-0.2, -0.15) is 0 Å². The summed E-state index contributed by atoms with van der Waals surface area (Å²) in [4.78, 5) is 2.54. The number of hydrogen-bond donors (Lipinski definition) is 1. The van der Waals surface area contributed by atoms with Crippen molar-refractivity contribution >= 4 is 11.3 Å². The Morgan fingerprint density at radius 2 is 2.33 bits per heavy atom. The van der Waals surface area contributed by atoms with Crippen LogP contribution in [0.4, 0.5) is 0 Å². The predicted octanol–water partition coefficient (Wildman–Crippen LogP) is 1.53. The number of hydrogen-bond acceptors (Lipinski definition) is 3. The summed E-state index contributed by atoms with van der Waals surface area (Å²) in [6, 6.07) is 4.17. The molecule has 2 rings (SSSR count). The largest absolute Gasteiger partial charge is 0.390 e. The molecule has 1 fully saturated rings. The lowest BCUT2D eigenvalue weighted by atomic mass is 10.1. The van der Waals surface area contributed by atoms with Crippen LogP contribution in [-0.2, 0) is 4.74 Å². The van der Waals surface area contributed by atoms with Crippen LogP contribution < -0.4 is 0 Å². The van der Waals surface area contributed by atoms with Gasteiger partial charge in [0.05, 0.1) is 19.3 Å². The molecule has 0 amide bonds. The molecule has 1 aromatic heterocycles. The van der Waals surface area contributed by atoms with Crippen molar-refractivity contribution in [3.8, 4) is 0 Å². The van der Waals surface area contributed by atoms with E-state index in [1.165, 1.54) is 9.75 Å². The van der Waals surface area contributed by atoms with E-state index in [0.717, 1.165) is 0 Å². The van der Waals surface area contributed by atoms with Gasteiger partial charge in [0.1, 0.15) is 0 Å². The number of aliphatic hydroxyl groups excluding tert-OH is 1. The van der Waals surface area contributed by atoms with E-state index in [1.54, 1.807) is 11.3 Å². The fourth-order valence-electron chi connectivity index (χ4n) is 1.47. The minimum Gasteiger partial charge on any atom is -0.390 e. The number of aryl methyl sites for hydroxylation is 1. The van der Waals surface area contributed by atoms with Gasteiger partial charge in [0, 0.05) is 15.7 Å². The smallest absolute Gasteiger partial charge is 0.0872 e. The first-order chi connectivity index (χ1) is 5.77. The van der Waals surface area contributed by atoms with E-state index in [-0.39, 0.29) is 12.0 Å². The van der Waals surface area contributed by atoms with Crippen molar-refractivity contribution in [1.82, 2.24) is 0 Å². The standard InChI is InChI=1S/C9H12O2S/c1-6-2-3-9(12-6)7-4-11-5-8(7)10/h2-3,7-8,10H,4-5H2,1H3. The predicted molar refractivity (Wildman–Crippen MR) is 48.6 cm³/mol. The lowest BCUT2D eigenvalue weighted by molar-refractivity contribution is 0.125. The Hall–Kier alpha value is -0.380. The monoisotopic (exact) mass is 184 g/mol. The third-order valence-corrected chi connectivity index (χ3v) is 3.31. The Morgan fingerprint density at radius 1 is 1.50 bits per heavy atom. The molecular formula is C9H12O2S. The van der Waals surface area contributed by atoms with Crippen LogP contribution in [0.25, 0.3) is 0 Å². The molecule has 0 aliphatic carbocycles. The average Bonchev–Trinajstić information content (AvgIpc) is 2.58. The third kappa shape index (κ3) is 1.40. The van der Waals surface area contributed by atoms with E-state index in [0.29, 0.717) is 13.2 Å². The molecule has 0 bridgehead atoms. The fourth-order valence-corrected chi connectivity index (χ4v) is 2.49. The maximum atomic E-state index is 9.53. The minimum atomic E-state index is -0.303. The van der Waals surface area contributed by atoms with E-state index in [4.69, 9.17) is 4.74 Å². The SMILES string of the molecule is Cc1ccc(C2COCC2O)s1. The fraction of sp³-hybridized carbons (Fsp3) is 0.556. The second kappa shape index (κ2) is 3.17. The lowest BCUT2D eigenvalue weighted by Crippen LogP contribution is -2.14. The molecule has 2 unspecified atom stereocenters. The van der Waals surface area contributed by atoms with Crippen LogP contribution in [0.2, 0.25) is 0 Å². The van der Waals surface area contributed by atoms with Gasteiger partial charge in [-0.05, 0) is 19.1 Å². The average molecular weight is 184 g/mol. The van der Waals surface area contributed by atoms with Crippen LogP contribution in [-0.4, -0.2) is 24.4 Å². The number of ether oxygens (including phenoxy) is 1. The molecule has 0 aromatic carbocycles. The summed E-state index contributed by atoms with van der Waals surface area (Å²) >= 11 is 1.75. The Morgan fingerprint density at radius 3 is 2.83 bits per heavy atom. The molecule has 1 aliphatic rings. The van der Waals surface area contributed by atoms with Crippen molar-refractivity contribution in [2.45, 2.75) is 18.9 Å². The summed E-state index contributed by atoms with van der Waals surface area (Å²) in [6.07, 6.45) is -0.303. The number of rotatable bonds is 1. The highest BCUT2D eigenvalue weighted by Gasteiger charge is 2.28. The van der Waals surface area contributed by atoms with Crippen molar-refractivity contribution in [3.05, 3.63) is 21.9 Å². The number of thiophene rings is 1. The van der Waals surface area contributed by atoms with Gasteiger partial charge in [-0.15, -0.1) is 11.3 Å². The molecule has 2 atom stereocenters. The zero-order valence-corrected chi connectivity index (χ0v) is 7.80. The molecule has 2 nitrogen and oxygen atoms in total. The molecule has 1 N–H and O–H groups in total. The molecule has 12 heavy (non-hydrogen) atoms. The summed E-state index contributed by atoms with van der Waals surface area (Å²) in [6.45, 7) is 3.24. The van der Waals surface area contributed by atoms with E-state index in [1.807, 2.05) is 0 Å². The molecule has 3 heteroatoms. The highest BCUT2D eigenvalue weighted by atomic mass is 32.1. The van der Waals surface area contributed by atoms with Gasteiger partial charge in [0.2, 0.25) is 0 Å². The van der Waals surface area contributed by atoms with E-state index in [9.17, 15) is 5.11 Å². The first kappa shape index (κ1) is 8.23. The van der Waals surface area contributed by atoms with E-state index < -0.39 is 0 Å². The van der Waals surface area contributed by atoms with Gasteiger partial charge in [0.15, 0.2) is 0 Å². The summed E-state index contributed by atoms with van der Waals surface area (Å²) in [5.74, 6) is 0.212. The van der Waals surface area contributed by atoms with Crippen molar-refractivity contribution in [2.24, 2.45) is 0 Å². The molecule has 0 spiro atoms. The molecule has 0 radical (unpaired) electrons. The number of aliphatic hydroxyl groups is 1. The van der Waals surface area contributed by atoms with Crippen molar-refractivity contribution < 1.29 is 9.84 Å². The van der Waals surface area contributed by atoms with Gasteiger partial charge in [-0.3, -0.25) is 0 Å². The molecule has 1 aromatic rings. The van der Waals surface area contributed by atoms with E-state index >= 15 is 0 Å². The second-order valence-corrected chi connectivity index (χ2v) is 4.48.